The summed E-state index contributed by atoms with van der Waals surface area (Å²) in [5.74, 6) is 0. The normalized spacial score (nSPS) is 8.85. The molecule has 2 nitrogen and oxygen atoms in total. The van der Waals surface area contributed by atoms with Crippen molar-refractivity contribution in [1.82, 2.24) is 9.97 Å². The van der Waals surface area contributed by atoms with Gasteiger partial charge in [0.2, 0.25) is 0 Å². The van der Waals surface area contributed by atoms with Crippen LogP contribution in [0.1, 0.15) is 0 Å². The minimum Gasteiger partial charge on any atom is -0.255 e. The van der Waals surface area contributed by atoms with Gasteiger partial charge < -0.3 is 0 Å². The maximum Gasteiger partial charge on any atom is 0.0886 e. The first kappa shape index (κ1) is 16.6. The largest absolute Gasteiger partial charge is 0.255 e. The average Bonchev–Trinajstić information content (AvgIpc) is 2.51. The molecule has 3 rings (SSSR count). The van der Waals surface area contributed by atoms with E-state index in [0.717, 1.165) is 16.3 Å². The Bertz CT molecular complexity index is 551. The molecule has 0 amide bonds. The smallest absolute Gasteiger partial charge is 0.0886 e. The van der Waals surface area contributed by atoms with Crippen LogP contribution in [0.5, 0.6) is 0 Å². The van der Waals surface area contributed by atoms with E-state index in [1.54, 1.807) is 12.4 Å². The Morgan fingerprint density at radius 2 is 1.05 bits per heavy atom. The molecule has 4 heteroatoms. The maximum atomic E-state index is 4.19. The van der Waals surface area contributed by atoms with Gasteiger partial charge in [-0.3, -0.25) is 9.97 Å². The first-order chi connectivity index (χ1) is 9.36. The van der Waals surface area contributed by atoms with Crippen molar-refractivity contribution in [3.8, 4) is 11.4 Å². The predicted molar refractivity (Wildman–Crippen MR) is 81.2 cm³/mol. The van der Waals surface area contributed by atoms with Crippen molar-refractivity contribution in [1.29, 1.82) is 0 Å². The monoisotopic (exact) mass is 364 g/mol. The first-order valence-electron chi connectivity index (χ1n) is 5.93. The third-order valence-electron chi connectivity index (χ3n) is 2.35. The van der Waals surface area contributed by atoms with Crippen LogP contribution < -0.4 is 0 Å². The Kier molecular flexibility index (Phi) is 7.86. The summed E-state index contributed by atoms with van der Waals surface area (Å²) in [4.78, 5) is 9.39. The van der Waals surface area contributed by atoms with Crippen LogP contribution in [0, 0.1) is 0 Å². The zero-order chi connectivity index (χ0) is 13.3. The second-order valence-electron chi connectivity index (χ2n) is 3.77. The Hall–Kier alpha value is -1.44. The van der Waals surface area contributed by atoms with E-state index in [4.69, 9.17) is 0 Å². The van der Waals surface area contributed by atoms with Gasteiger partial charge in [-0.15, -0.1) is 12.6 Å². The van der Waals surface area contributed by atoms with Crippen LogP contribution in [0.25, 0.3) is 11.4 Å². The van der Waals surface area contributed by atoms with E-state index < -0.39 is 0 Å². The Labute approximate surface area is 139 Å². The molecule has 0 aliphatic heterocycles. The fourth-order valence-electron chi connectivity index (χ4n) is 1.46. The Morgan fingerprint density at radius 3 is 1.35 bits per heavy atom. The molecule has 0 saturated heterocycles. The van der Waals surface area contributed by atoms with Gasteiger partial charge in [0.25, 0.3) is 0 Å². The molecule has 2 aromatic heterocycles. The van der Waals surface area contributed by atoms with Gasteiger partial charge in [0.1, 0.15) is 0 Å². The van der Waals surface area contributed by atoms with Gasteiger partial charge in [0.05, 0.1) is 11.4 Å². The quantitative estimate of drug-likeness (QED) is 0.521. The van der Waals surface area contributed by atoms with Crippen LogP contribution in [0.2, 0.25) is 0 Å². The third kappa shape index (κ3) is 5.68. The number of hydrogen-bond donors (Lipinski definition) is 1. The molecule has 1 aromatic carbocycles. The number of thiol groups is 1. The second-order valence-corrected chi connectivity index (χ2v) is 4.28. The number of nitrogens with zero attached hydrogens (tertiary/aromatic N) is 2. The van der Waals surface area contributed by atoms with Gasteiger partial charge in [-0.25, -0.2) is 0 Å². The summed E-state index contributed by atoms with van der Waals surface area (Å²) >= 11 is 4.08. The summed E-state index contributed by atoms with van der Waals surface area (Å²) in [5.41, 5.74) is 1.83. The summed E-state index contributed by atoms with van der Waals surface area (Å²) in [7, 11) is 0. The summed E-state index contributed by atoms with van der Waals surface area (Å²) in [6.45, 7) is 0. The topological polar surface area (TPSA) is 25.8 Å². The number of rotatable bonds is 1. The molecule has 20 heavy (non-hydrogen) atoms. The van der Waals surface area contributed by atoms with E-state index in [2.05, 4.69) is 22.6 Å². The summed E-state index contributed by atoms with van der Waals surface area (Å²) in [5, 5.41) is 0. The van der Waals surface area contributed by atoms with E-state index in [-0.39, 0.29) is 21.1 Å². The molecular formula is C16H14MoN2S. The van der Waals surface area contributed by atoms with Crippen LogP contribution in [-0.4, -0.2) is 9.97 Å². The van der Waals surface area contributed by atoms with Crippen LogP contribution in [-0.2, 0) is 21.1 Å². The fourth-order valence-corrected chi connectivity index (χ4v) is 1.63. The predicted octanol–water partition coefficient (Wildman–Crippen LogP) is 4.12. The molecule has 0 aliphatic rings. The van der Waals surface area contributed by atoms with Gasteiger partial charge in [-0.05, 0) is 36.4 Å². The molecule has 2 heterocycles. The molecule has 0 aliphatic carbocycles. The van der Waals surface area contributed by atoms with E-state index in [1.807, 2.05) is 66.7 Å². The standard InChI is InChI=1S/C10H8N2.C6H6S.Mo/c1-3-7-11-9(5-1)10-6-2-4-8-12-10;7-6-4-2-1-3-5-6;/h1-8H;1-5,7H;. The van der Waals surface area contributed by atoms with Crippen molar-refractivity contribution < 1.29 is 21.1 Å². The van der Waals surface area contributed by atoms with Gasteiger partial charge in [0, 0.05) is 38.4 Å². The Morgan fingerprint density at radius 1 is 0.600 bits per heavy atom. The average molecular weight is 362 g/mol. The SMILES string of the molecule is Sc1ccccc1.[Mo].c1ccc(-c2ccccn2)nc1. The van der Waals surface area contributed by atoms with Crippen LogP contribution >= 0.6 is 12.6 Å². The molecule has 0 radical (unpaired) electrons. The minimum atomic E-state index is 0. The van der Waals surface area contributed by atoms with Crippen molar-refractivity contribution in [3.05, 3.63) is 79.1 Å². The van der Waals surface area contributed by atoms with Crippen LogP contribution in [0.3, 0.4) is 0 Å². The third-order valence-corrected chi connectivity index (χ3v) is 2.65. The summed E-state index contributed by atoms with van der Waals surface area (Å²) in [6.07, 6.45) is 3.54. The summed E-state index contributed by atoms with van der Waals surface area (Å²) in [6, 6.07) is 21.4. The van der Waals surface area contributed by atoms with E-state index in [0.29, 0.717) is 0 Å². The van der Waals surface area contributed by atoms with Crippen LogP contribution in [0.4, 0.5) is 0 Å². The van der Waals surface area contributed by atoms with Gasteiger partial charge in [-0.1, -0.05) is 30.3 Å². The fraction of sp³-hybridized carbons (Fsp3) is 0. The van der Waals surface area contributed by atoms with E-state index in [9.17, 15) is 0 Å². The van der Waals surface area contributed by atoms with Gasteiger partial charge in [0.15, 0.2) is 0 Å². The van der Waals surface area contributed by atoms with Gasteiger partial charge >= 0.3 is 0 Å². The van der Waals surface area contributed by atoms with Crippen LogP contribution in [0.15, 0.2) is 84.0 Å². The zero-order valence-corrected chi connectivity index (χ0v) is 13.7. The van der Waals surface area contributed by atoms with Crippen molar-refractivity contribution in [2.45, 2.75) is 4.90 Å². The number of aromatic nitrogens is 2. The molecule has 3 aromatic rings. The molecular weight excluding hydrogens is 348 g/mol. The number of benzene rings is 1. The molecule has 0 saturated carbocycles. The molecule has 0 N–H and O–H groups in total. The Balaban J connectivity index is 0.000000216. The maximum absolute atomic E-state index is 4.19. The molecule has 100 valence electrons. The van der Waals surface area contributed by atoms with Gasteiger partial charge in [-0.2, -0.15) is 0 Å². The minimum absolute atomic E-state index is 0. The molecule has 0 fully saturated rings. The number of hydrogen-bond acceptors (Lipinski definition) is 3. The van der Waals surface area contributed by atoms with E-state index >= 15 is 0 Å². The van der Waals surface area contributed by atoms with Crippen molar-refractivity contribution in [2.24, 2.45) is 0 Å². The molecule has 0 spiro atoms. The van der Waals surface area contributed by atoms with Crippen molar-refractivity contribution in [2.75, 3.05) is 0 Å². The zero-order valence-electron chi connectivity index (χ0n) is 10.8. The first-order valence-corrected chi connectivity index (χ1v) is 6.37. The summed E-state index contributed by atoms with van der Waals surface area (Å²) < 4.78 is 0. The second kappa shape index (κ2) is 9.46. The molecule has 0 unspecified atom stereocenters. The number of pyridine rings is 2. The molecule has 0 atom stereocenters. The van der Waals surface area contributed by atoms with E-state index in [1.165, 1.54) is 0 Å². The van der Waals surface area contributed by atoms with Crippen molar-refractivity contribution >= 4 is 12.6 Å². The molecule has 0 bridgehead atoms. The van der Waals surface area contributed by atoms with Crippen molar-refractivity contribution in [3.63, 3.8) is 0 Å².